The van der Waals surface area contributed by atoms with Crippen LogP contribution < -0.4 is 10.6 Å². The summed E-state index contributed by atoms with van der Waals surface area (Å²) in [6.07, 6.45) is 6.73. The minimum Gasteiger partial charge on any atom is -0.357 e. The molecule has 2 N–H and O–H groups in total. The molecule has 0 amide bonds. The van der Waals surface area contributed by atoms with E-state index in [9.17, 15) is 0 Å². The van der Waals surface area contributed by atoms with Gasteiger partial charge < -0.3 is 20.4 Å². The van der Waals surface area contributed by atoms with Crippen molar-refractivity contribution in [2.24, 2.45) is 10.9 Å². The zero-order valence-corrected chi connectivity index (χ0v) is 18.0. The second-order valence-electron chi connectivity index (χ2n) is 6.84. The average Bonchev–Trinajstić information content (AvgIpc) is 3.06. The molecule has 6 heteroatoms. The van der Waals surface area contributed by atoms with Gasteiger partial charge in [0.15, 0.2) is 5.96 Å². The summed E-state index contributed by atoms with van der Waals surface area (Å²) in [5.41, 5.74) is 0. The Morgan fingerprint density at radius 1 is 1.12 bits per heavy atom. The van der Waals surface area contributed by atoms with Gasteiger partial charge >= 0.3 is 0 Å². The normalized spacial score (nSPS) is 21.5. The van der Waals surface area contributed by atoms with Crippen molar-refractivity contribution in [2.45, 2.75) is 39.7 Å². The fourth-order valence-corrected chi connectivity index (χ4v) is 3.28. The highest BCUT2D eigenvalue weighted by Crippen LogP contribution is 2.09. The lowest BCUT2D eigenvalue weighted by Crippen LogP contribution is -2.47. The molecule has 0 aromatic carbocycles. The number of aliphatic imine (C=N–C) groups is 1. The number of guanidine groups is 1. The van der Waals surface area contributed by atoms with Gasteiger partial charge in [0.2, 0.25) is 0 Å². The zero-order chi connectivity index (χ0) is 16.5. The number of rotatable bonds is 7. The second-order valence-corrected chi connectivity index (χ2v) is 6.84. The first-order valence-corrected chi connectivity index (χ1v) is 9.35. The van der Waals surface area contributed by atoms with Crippen LogP contribution in [-0.4, -0.2) is 74.2 Å². The van der Waals surface area contributed by atoms with Crippen LogP contribution in [0.15, 0.2) is 17.1 Å². The monoisotopic (exact) mass is 449 g/mol. The first-order chi connectivity index (χ1) is 11.2. The lowest BCUT2D eigenvalue weighted by atomic mass is 10.1. The molecule has 0 aromatic heterocycles. The standard InChI is InChI=1S/C18H35N5.HI/c1-4-19-18(21-17-8-6-7-9-17)20-14-16(3)15-23-12-10-22(5-2)11-13-23;/h6-7,16-17H,4-5,8-15H2,1-3H3,(H2,19,20,21);1H. The molecule has 1 fully saturated rings. The Kier molecular flexibility index (Phi) is 10.9. The predicted molar refractivity (Wildman–Crippen MR) is 114 cm³/mol. The molecule has 1 saturated heterocycles. The van der Waals surface area contributed by atoms with E-state index in [0.717, 1.165) is 38.4 Å². The third-order valence-electron chi connectivity index (χ3n) is 4.74. The van der Waals surface area contributed by atoms with Crippen LogP contribution in [0.5, 0.6) is 0 Å². The van der Waals surface area contributed by atoms with Crippen LogP contribution in [-0.2, 0) is 0 Å². The van der Waals surface area contributed by atoms with E-state index in [2.05, 4.69) is 53.4 Å². The average molecular weight is 449 g/mol. The molecule has 0 saturated carbocycles. The van der Waals surface area contributed by atoms with Gasteiger partial charge in [-0.05, 0) is 32.2 Å². The highest BCUT2D eigenvalue weighted by Gasteiger charge is 2.17. The summed E-state index contributed by atoms with van der Waals surface area (Å²) in [5, 5.41) is 6.92. The van der Waals surface area contributed by atoms with E-state index in [0.29, 0.717) is 12.0 Å². The Balaban J connectivity index is 0.00000288. The van der Waals surface area contributed by atoms with Gasteiger partial charge in [-0.25, -0.2) is 0 Å². The van der Waals surface area contributed by atoms with Crippen molar-refractivity contribution in [3.8, 4) is 0 Å². The molecule has 1 atom stereocenters. The SMILES string of the molecule is CCNC(=NCC(C)CN1CCN(CC)CC1)NC1CC=CC1.I. The van der Waals surface area contributed by atoms with Crippen LogP contribution in [0.2, 0.25) is 0 Å². The first kappa shape index (κ1) is 21.7. The van der Waals surface area contributed by atoms with Crippen molar-refractivity contribution in [3.05, 3.63) is 12.2 Å². The molecule has 0 spiro atoms. The van der Waals surface area contributed by atoms with Crippen molar-refractivity contribution in [1.82, 2.24) is 20.4 Å². The van der Waals surface area contributed by atoms with E-state index < -0.39 is 0 Å². The summed E-state index contributed by atoms with van der Waals surface area (Å²) >= 11 is 0. The topological polar surface area (TPSA) is 42.9 Å². The molecule has 0 bridgehead atoms. The van der Waals surface area contributed by atoms with Crippen molar-refractivity contribution >= 4 is 29.9 Å². The molecule has 0 radical (unpaired) electrons. The van der Waals surface area contributed by atoms with E-state index in [1.54, 1.807) is 0 Å². The van der Waals surface area contributed by atoms with Gasteiger partial charge in [-0.1, -0.05) is 26.0 Å². The molecular weight excluding hydrogens is 413 g/mol. The van der Waals surface area contributed by atoms with E-state index >= 15 is 0 Å². The number of likely N-dealkylation sites (N-methyl/N-ethyl adjacent to an activating group) is 1. The van der Waals surface area contributed by atoms with Crippen molar-refractivity contribution in [3.63, 3.8) is 0 Å². The zero-order valence-electron chi connectivity index (χ0n) is 15.6. The molecule has 1 unspecified atom stereocenters. The Morgan fingerprint density at radius 3 is 2.33 bits per heavy atom. The fraction of sp³-hybridized carbons (Fsp3) is 0.833. The van der Waals surface area contributed by atoms with E-state index in [1.807, 2.05) is 0 Å². The van der Waals surface area contributed by atoms with E-state index in [4.69, 9.17) is 4.99 Å². The highest BCUT2D eigenvalue weighted by atomic mass is 127. The Hall–Kier alpha value is -0.340. The molecule has 2 aliphatic rings. The summed E-state index contributed by atoms with van der Waals surface area (Å²) in [7, 11) is 0. The van der Waals surface area contributed by atoms with Crippen molar-refractivity contribution in [1.29, 1.82) is 0 Å². The number of halogens is 1. The number of hydrogen-bond acceptors (Lipinski definition) is 3. The molecule has 0 aromatic rings. The maximum absolute atomic E-state index is 4.80. The van der Waals surface area contributed by atoms with Crippen LogP contribution >= 0.6 is 24.0 Å². The Bertz CT molecular complexity index is 383. The first-order valence-electron chi connectivity index (χ1n) is 9.35. The van der Waals surface area contributed by atoms with Crippen molar-refractivity contribution < 1.29 is 0 Å². The summed E-state index contributed by atoms with van der Waals surface area (Å²) < 4.78 is 0. The molecule has 2 rings (SSSR count). The van der Waals surface area contributed by atoms with Crippen LogP contribution in [0, 0.1) is 5.92 Å². The Labute approximate surface area is 165 Å². The van der Waals surface area contributed by atoms with Gasteiger partial charge in [-0.3, -0.25) is 4.99 Å². The maximum Gasteiger partial charge on any atom is 0.191 e. The van der Waals surface area contributed by atoms with Gasteiger partial charge in [0.25, 0.3) is 0 Å². The van der Waals surface area contributed by atoms with Gasteiger partial charge in [0.05, 0.1) is 0 Å². The summed E-state index contributed by atoms with van der Waals surface area (Å²) in [5.74, 6) is 1.57. The van der Waals surface area contributed by atoms with Crippen LogP contribution in [0.4, 0.5) is 0 Å². The minimum absolute atomic E-state index is 0. The summed E-state index contributed by atoms with van der Waals surface area (Å²) in [6.45, 7) is 15.7. The molecule has 140 valence electrons. The summed E-state index contributed by atoms with van der Waals surface area (Å²) in [6, 6.07) is 0.519. The molecule has 24 heavy (non-hydrogen) atoms. The summed E-state index contributed by atoms with van der Waals surface area (Å²) in [4.78, 5) is 9.92. The van der Waals surface area contributed by atoms with Gasteiger partial charge in [-0.15, -0.1) is 24.0 Å². The molecule has 5 nitrogen and oxygen atoms in total. The van der Waals surface area contributed by atoms with Gasteiger partial charge in [0, 0.05) is 51.9 Å². The quantitative estimate of drug-likeness (QED) is 0.271. The largest absolute Gasteiger partial charge is 0.357 e. The molecule has 1 aliphatic carbocycles. The smallest absolute Gasteiger partial charge is 0.191 e. The number of hydrogen-bond donors (Lipinski definition) is 2. The van der Waals surface area contributed by atoms with Crippen LogP contribution in [0.3, 0.4) is 0 Å². The number of nitrogens with zero attached hydrogens (tertiary/aromatic N) is 3. The van der Waals surface area contributed by atoms with Crippen molar-refractivity contribution in [2.75, 3.05) is 52.4 Å². The third kappa shape index (κ3) is 7.70. The van der Waals surface area contributed by atoms with Gasteiger partial charge in [0.1, 0.15) is 0 Å². The molecule has 1 heterocycles. The maximum atomic E-state index is 4.80. The van der Waals surface area contributed by atoms with Gasteiger partial charge in [-0.2, -0.15) is 0 Å². The highest BCUT2D eigenvalue weighted by molar-refractivity contribution is 14.0. The number of piperazine rings is 1. The number of nitrogens with one attached hydrogen (secondary N) is 2. The third-order valence-corrected chi connectivity index (χ3v) is 4.74. The van der Waals surface area contributed by atoms with Crippen LogP contribution in [0.1, 0.15) is 33.6 Å². The van der Waals surface area contributed by atoms with Crippen LogP contribution in [0.25, 0.3) is 0 Å². The predicted octanol–water partition coefficient (Wildman–Crippen LogP) is 2.15. The molecule has 1 aliphatic heterocycles. The fourth-order valence-electron chi connectivity index (χ4n) is 3.28. The lowest BCUT2D eigenvalue weighted by Gasteiger charge is -2.35. The minimum atomic E-state index is 0. The molecular formula is C18H36IN5. The van der Waals surface area contributed by atoms with E-state index in [-0.39, 0.29) is 24.0 Å². The Morgan fingerprint density at radius 2 is 1.75 bits per heavy atom. The lowest BCUT2D eigenvalue weighted by molar-refractivity contribution is 0.125. The second kappa shape index (κ2) is 12.1. The van der Waals surface area contributed by atoms with E-state index in [1.165, 1.54) is 32.7 Å².